The van der Waals surface area contributed by atoms with Crippen LogP contribution in [0.2, 0.25) is 0 Å². The molecule has 1 aliphatic rings. The fourth-order valence-corrected chi connectivity index (χ4v) is 2.60. The van der Waals surface area contributed by atoms with Gasteiger partial charge < -0.3 is 14.6 Å². The van der Waals surface area contributed by atoms with Crippen LogP contribution in [0.3, 0.4) is 0 Å². The molecular formula is C18H20FN5O2. The number of allylic oxidation sites excluding steroid dienone is 1. The van der Waals surface area contributed by atoms with Gasteiger partial charge in [0.05, 0.1) is 0 Å². The summed E-state index contributed by atoms with van der Waals surface area (Å²) in [6, 6.07) is 2.71. The van der Waals surface area contributed by atoms with Gasteiger partial charge in [-0.05, 0) is 44.7 Å². The predicted molar refractivity (Wildman–Crippen MR) is 93.3 cm³/mol. The molecule has 0 bridgehead atoms. The monoisotopic (exact) mass is 357 g/mol. The zero-order valence-corrected chi connectivity index (χ0v) is 14.9. The van der Waals surface area contributed by atoms with Crippen molar-refractivity contribution < 1.29 is 13.6 Å². The average Bonchev–Trinajstić information content (AvgIpc) is 3.10. The Hall–Kier alpha value is -3.03. The lowest BCUT2D eigenvalue weighted by Gasteiger charge is -2.28. The Balaban J connectivity index is 1.73. The molecule has 0 atom stereocenters. The summed E-state index contributed by atoms with van der Waals surface area (Å²) < 4.78 is 19.1. The maximum atomic E-state index is 13.8. The number of hydrogen-bond acceptors (Lipinski definition) is 6. The van der Waals surface area contributed by atoms with Crippen molar-refractivity contribution in [1.82, 2.24) is 25.4 Å². The first kappa shape index (κ1) is 17.8. The average molecular weight is 357 g/mol. The number of hydrogen-bond donors (Lipinski definition) is 1. The molecule has 1 aliphatic heterocycles. The predicted octanol–water partition coefficient (Wildman–Crippen LogP) is 2.90. The van der Waals surface area contributed by atoms with E-state index in [0.29, 0.717) is 19.5 Å². The van der Waals surface area contributed by atoms with Gasteiger partial charge >= 0.3 is 11.8 Å². The number of halogens is 1. The van der Waals surface area contributed by atoms with Crippen molar-refractivity contribution in [2.45, 2.75) is 27.2 Å². The highest BCUT2D eigenvalue weighted by atomic mass is 19.1. The van der Waals surface area contributed by atoms with Gasteiger partial charge in [0.1, 0.15) is 0 Å². The molecule has 2 aromatic heterocycles. The molecule has 1 amide bonds. The van der Waals surface area contributed by atoms with Crippen LogP contribution < -0.4 is 5.32 Å². The molecule has 2 aromatic rings. The molecule has 136 valence electrons. The van der Waals surface area contributed by atoms with Gasteiger partial charge in [-0.3, -0.25) is 4.79 Å². The molecule has 0 aliphatic carbocycles. The number of carbonyl (C=O) groups excluding carboxylic acids is 1. The Labute approximate surface area is 150 Å². The summed E-state index contributed by atoms with van der Waals surface area (Å²) in [6.07, 6.45) is 4.07. The highest BCUT2D eigenvalue weighted by molar-refractivity contribution is 5.90. The van der Waals surface area contributed by atoms with Crippen molar-refractivity contribution in [3.8, 4) is 11.6 Å². The number of aromatic nitrogens is 3. The summed E-state index contributed by atoms with van der Waals surface area (Å²) in [5.41, 5.74) is 3.28. The lowest BCUT2D eigenvalue weighted by Crippen LogP contribution is -2.38. The summed E-state index contributed by atoms with van der Waals surface area (Å²) >= 11 is 0. The number of pyridine rings is 1. The third-order valence-electron chi connectivity index (χ3n) is 3.97. The molecule has 0 aromatic carbocycles. The summed E-state index contributed by atoms with van der Waals surface area (Å²) in [6.45, 7) is 7.00. The molecule has 0 radical (unpaired) electrons. The molecule has 3 rings (SSSR count). The normalized spacial score (nSPS) is 14.4. The topological polar surface area (TPSA) is 84.2 Å². The first-order valence-corrected chi connectivity index (χ1v) is 8.28. The van der Waals surface area contributed by atoms with Gasteiger partial charge in [-0.1, -0.05) is 5.57 Å². The maximum Gasteiger partial charge on any atom is 0.311 e. The standard InChI is InChI=1S/C18H20FN5O2/c1-11(2)9-21-14-6-8-24(10-12(14)3)18(25)17-23-22-16(26-17)15-13(19)5-4-7-20-15/h4-5,7,9,21H,6,8,10H2,1-3H3. The molecule has 7 nitrogen and oxygen atoms in total. The van der Waals surface area contributed by atoms with E-state index < -0.39 is 5.82 Å². The van der Waals surface area contributed by atoms with E-state index in [1.54, 1.807) is 4.90 Å². The second-order valence-electron chi connectivity index (χ2n) is 6.35. The van der Waals surface area contributed by atoms with E-state index in [2.05, 4.69) is 20.5 Å². The van der Waals surface area contributed by atoms with Crippen molar-refractivity contribution in [2.75, 3.05) is 13.1 Å². The molecule has 1 N–H and O–H groups in total. The number of nitrogens with one attached hydrogen (secondary N) is 1. The molecule has 0 spiro atoms. The van der Waals surface area contributed by atoms with Gasteiger partial charge in [0, 0.05) is 31.4 Å². The van der Waals surface area contributed by atoms with E-state index in [4.69, 9.17) is 4.42 Å². The van der Waals surface area contributed by atoms with E-state index in [-0.39, 0.29) is 23.4 Å². The molecule has 26 heavy (non-hydrogen) atoms. The fraction of sp³-hybridized carbons (Fsp3) is 0.333. The van der Waals surface area contributed by atoms with Crippen LogP contribution >= 0.6 is 0 Å². The lowest BCUT2D eigenvalue weighted by molar-refractivity contribution is 0.0723. The van der Waals surface area contributed by atoms with E-state index in [9.17, 15) is 9.18 Å². The van der Waals surface area contributed by atoms with Crippen LogP contribution in [0.15, 0.2) is 45.8 Å². The zero-order valence-electron chi connectivity index (χ0n) is 14.9. The largest absolute Gasteiger partial charge is 0.411 e. The minimum absolute atomic E-state index is 0.0676. The Bertz CT molecular complexity index is 883. The minimum atomic E-state index is -0.582. The van der Waals surface area contributed by atoms with Crippen molar-refractivity contribution in [2.24, 2.45) is 0 Å². The molecule has 0 saturated heterocycles. The van der Waals surface area contributed by atoms with Crippen molar-refractivity contribution in [3.63, 3.8) is 0 Å². The van der Waals surface area contributed by atoms with Gasteiger partial charge in [0.25, 0.3) is 5.89 Å². The quantitative estimate of drug-likeness (QED) is 0.906. The SMILES string of the molecule is CC(C)=CNC1=C(C)CN(C(=O)c2nnc(-c3ncccc3F)o2)CC1. The van der Waals surface area contributed by atoms with Crippen LogP contribution in [0, 0.1) is 5.82 Å². The van der Waals surface area contributed by atoms with Gasteiger partial charge in [-0.2, -0.15) is 0 Å². The Morgan fingerprint density at radius 1 is 1.38 bits per heavy atom. The molecule has 0 saturated carbocycles. The van der Waals surface area contributed by atoms with Crippen molar-refractivity contribution >= 4 is 5.91 Å². The fourth-order valence-electron chi connectivity index (χ4n) is 2.60. The summed E-state index contributed by atoms with van der Waals surface area (Å²) in [5, 5.41) is 10.8. The van der Waals surface area contributed by atoms with Gasteiger partial charge in [-0.25, -0.2) is 9.37 Å². The number of nitrogens with zero attached hydrogens (tertiary/aromatic N) is 4. The third kappa shape index (κ3) is 3.79. The van der Waals surface area contributed by atoms with Crippen LogP contribution in [0.5, 0.6) is 0 Å². The van der Waals surface area contributed by atoms with Crippen LogP contribution in [-0.2, 0) is 0 Å². The van der Waals surface area contributed by atoms with Crippen LogP contribution in [0.4, 0.5) is 4.39 Å². The Kier molecular flexibility index (Phi) is 5.11. The maximum absolute atomic E-state index is 13.8. The number of amides is 1. The van der Waals surface area contributed by atoms with Crippen LogP contribution in [0.1, 0.15) is 37.9 Å². The Morgan fingerprint density at radius 2 is 2.19 bits per heavy atom. The van der Waals surface area contributed by atoms with Gasteiger partial charge in [0.2, 0.25) is 0 Å². The molecule has 0 unspecified atom stereocenters. The van der Waals surface area contributed by atoms with Crippen LogP contribution in [-0.4, -0.2) is 39.1 Å². The summed E-state index contributed by atoms with van der Waals surface area (Å²) in [7, 11) is 0. The number of rotatable bonds is 4. The minimum Gasteiger partial charge on any atom is -0.411 e. The second-order valence-corrected chi connectivity index (χ2v) is 6.35. The van der Waals surface area contributed by atoms with E-state index in [1.165, 1.54) is 23.9 Å². The summed E-state index contributed by atoms with van der Waals surface area (Å²) in [4.78, 5) is 18.1. The highest BCUT2D eigenvalue weighted by Crippen LogP contribution is 2.21. The first-order chi connectivity index (χ1) is 12.5. The second kappa shape index (κ2) is 7.47. The molecule has 3 heterocycles. The Morgan fingerprint density at radius 3 is 2.88 bits per heavy atom. The smallest absolute Gasteiger partial charge is 0.311 e. The summed E-state index contributed by atoms with van der Waals surface area (Å²) in [5.74, 6) is -1.23. The first-order valence-electron chi connectivity index (χ1n) is 8.28. The van der Waals surface area contributed by atoms with Crippen molar-refractivity contribution in [3.05, 3.63) is 53.1 Å². The molecule has 0 fully saturated rings. The highest BCUT2D eigenvalue weighted by Gasteiger charge is 2.26. The van der Waals surface area contributed by atoms with Crippen LogP contribution in [0.25, 0.3) is 11.6 Å². The third-order valence-corrected chi connectivity index (χ3v) is 3.97. The molecule has 8 heteroatoms. The van der Waals surface area contributed by atoms with Gasteiger partial charge in [-0.15, -0.1) is 10.2 Å². The van der Waals surface area contributed by atoms with Gasteiger partial charge in [0.15, 0.2) is 11.5 Å². The zero-order chi connectivity index (χ0) is 18.7. The lowest BCUT2D eigenvalue weighted by atomic mass is 10.1. The van der Waals surface area contributed by atoms with Crippen molar-refractivity contribution in [1.29, 1.82) is 0 Å². The van der Waals surface area contributed by atoms with E-state index in [1.807, 2.05) is 27.0 Å². The molecular weight excluding hydrogens is 337 g/mol. The van der Waals surface area contributed by atoms with E-state index in [0.717, 1.165) is 11.3 Å². The van der Waals surface area contributed by atoms with E-state index >= 15 is 0 Å². The number of carbonyl (C=O) groups is 1.